The highest BCUT2D eigenvalue weighted by atomic mass is 16.3. The lowest BCUT2D eigenvalue weighted by molar-refractivity contribution is -0.124. The van der Waals surface area contributed by atoms with Crippen LogP contribution in [0.1, 0.15) is 12.2 Å². The maximum atomic E-state index is 11.5. The lowest BCUT2D eigenvalue weighted by Crippen LogP contribution is -2.42. The molecule has 3 N–H and O–H groups in total. The van der Waals surface area contributed by atoms with Gasteiger partial charge in [0.2, 0.25) is 11.8 Å². The van der Waals surface area contributed by atoms with Gasteiger partial charge < -0.3 is 9.73 Å². The predicted molar refractivity (Wildman–Crippen MR) is 50.2 cm³/mol. The molecule has 2 heterocycles. The molecule has 1 aliphatic rings. The van der Waals surface area contributed by atoms with Crippen LogP contribution in [0.3, 0.4) is 0 Å². The zero-order chi connectivity index (χ0) is 10.7. The summed E-state index contributed by atoms with van der Waals surface area (Å²) in [6.07, 6.45) is 1.71. The van der Waals surface area contributed by atoms with E-state index in [4.69, 9.17) is 4.42 Å². The molecule has 0 radical (unpaired) electrons. The Balaban J connectivity index is 1.80. The van der Waals surface area contributed by atoms with Gasteiger partial charge in [0.1, 0.15) is 11.8 Å². The monoisotopic (exact) mass is 209 g/mol. The molecule has 0 bridgehead atoms. The summed E-state index contributed by atoms with van der Waals surface area (Å²) in [4.78, 5) is 22.3. The number of hydrogen-bond acceptors (Lipinski definition) is 4. The number of rotatable bonds is 3. The zero-order valence-electron chi connectivity index (χ0n) is 7.95. The fraction of sp³-hybridized carbons (Fsp3) is 0.333. The third-order valence-electron chi connectivity index (χ3n) is 2.11. The van der Waals surface area contributed by atoms with E-state index >= 15 is 0 Å². The summed E-state index contributed by atoms with van der Waals surface area (Å²) in [7, 11) is 0. The van der Waals surface area contributed by atoms with E-state index in [2.05, 4.69) is 16.2 Å². The van der Waals surface area contributed by atoms with Crippen LogP contribution in [0.15, 0.2) is 22.8 Å². The molecule has 6 heteroatoms. The maximum absolute atomic E-state index is 11.5. The van der Waals surface area contributed by atoms with Crippen molar-refractivity contribution in [3.63, 3.8) is 0 Å². The number of hydrazine groups is 1. The van der Waals surface area contributed by atoms with Crippen LogP contribution in [0.5, 0.6) is 0 Å². The summed E-state index contributed by atoms with van der Waals surface area (Å²) >= 11 is 0. The van der Waals surface area contributed by atoms with E-state index in [-0.39, 0.29) is 18.2 Å². The molecular weight excluding hydrogens is 198 g/mol. The van der Waals surface area contributed by atoms with E-state index in [1.165, 1.54) is 0 Å². The molecule has 1 unspecified atom stereocenters. The van der Waals surface area contributed by atoms with Gasteiger partial charge in [0.05, 0.1) is 19.2 Å². The van der Waals surface area contributed by atoms with Crippen LogP contribution >= 0.6 is 0 Å². The molecule has 1 aromatic heterocycles. The molecular formula is C9H11N3O3. The van der Waals surface area contributed by atoms with Crippen molar-refractivity contribution in [1.82, 2.24) is 16.2 Å². The third kappa shape index (κ3) is 2.35. The molecule has 0 aliphatic carbocycles. The summed E-state index contributed by atoms with van der Waals surface area (Å²) in [5, 5.41) is 2.66. The van der Waals surface area contributed by atoms with Crippen molar-refractivity contribution in [2.75, 3.05) is 0 Å². The molecule has 1 saturated heterocycles. The summed E-state index contributed by atoms with van der Waals surface area (Å²) in [5.74, 6) is 0.290. The van der Waals surface area contributed by atoms with Crippen molar-refractivity contribution < 1.29 is 14.0 Å². The quantitative estimate of drug-likeness (QED) is 0.614. The summed E-state index contributed by atoms with van der Waals surface area (Å²) in [6.45, 7) is 0.332. The number of amides is 2. The van der Waals surface area contributed by atoms with Gasteiger partial charge in [0, 0.05) is 0 Å². The Morgan fingerprint density at radius 3 is 3.13 bits per heavy atom. The molecule has 80 valence electrons. The van der Waals surface area contributed by atoms with Crippen LogP contribution in [0.2, 0.25) is 0 Å². The highest BCUT2D eigenvalue weighted by Crippen LogP contribution is 2.01. The number of hydrogen-bond donors (Lipinski definition) is 3. The Labute approximate surface area is 86.0 Å². The predicted octanol–water partition coefficient (Wildman–Crippen LogP) is -0.711. The molecule has 0 saturated carbocycles. The van der Waals surface area contributed by atoms with Gasteiger partial charge in [0.15, 0.2) is 0 Å². The van der Waals surface area contributed by atoms with Crippen molar-refractivity contribution in [3.8, 4) is 0 Å². The highest BCUT2D eigenvalue weighted by molar-refractivity contribution is 5.90. The normalized spacial score (nSPS) is 20.0. The minimum Gasteiger partial charge on any atom is -0.467 e. The van der Waals surface area contributed by atoms with Crippen LogP contribution in [0.25, 0.3) is 0 Å². The molecule has 1 fully saturated rings. The number of carbonyl (C=O) groups is 2. The Kier molecular flexibility index (Phi) is 2.68. The van der Waals surface area contributed by atoms with Crippen molar-refractivity contribution in [1.29, 1.82) is 0 Å². The van der Waals surface area contributed by atoms with Crippen LogP contribution < -0.4 is 16.2 Å². The molecule has 6 nitrogen and oxygen atoms in total. The van der Waals surface area contributed by atoms with Crippen molar-refractivity contribution in [3.05, 3.63) is 24.2 Å². The lowest BCUT2D eigenvalue weighted by atomic mass is 10.2. The largest absolute Gasteiger partial charge is 0.467 e. The van der Waals surface area contributed by atoms with E-state index in [0.717, 1.165) is 0 Å². The first-order valence-corrected chi connectivity index (χ1v) is 4.60. The van der Waals surface area contributed by atoms with Crippen LogP contribution in [0, 0.1) is 0 Å². The number of nitrogens with one attached hydrogen (secondary N) is 3. The molecule has 1 aliphatic heterocycles. The Morgan fingerprint density at radius 1 is 1.67 bits per heavy atom. The topological polar surface area (TPSA) is 83.4 Å². The SMILES string of the molecule is O=C1CC(C(=O)NCc2ccco2)NN1. The molecule has 1 aromatic rings. The van der Waals surface area contributed by atoms with Gasteiger partial charge in [-0.1, -0.05) is 0 Å². The van der Waals surface area contributed by atoms with Gasteiger partial charge in [-0.3, -0.25) is 15.0 Å². The highest BCUT2D eigenvalue weighted by Gasteiger charge is 2.27. The lowest BCUT2D eigenvalue weighted by Gasteiger charge is -2.07. The summed E-state index contributed by atoms with van der Waals surface area (Å²) in [6, 6.07) is 3.03. The number of furan rings is 1. The maximum Gasteiger partial charge on any atom is 0.239 e. The molecule has 0 spiro atoms. The summed E-state index contributed by atoms with van der Waals surface area (Å²) < 4.78 is 5.05. The van der Waals surface area contributed by atoms with E-state index < -0.39 is 6.04 Å². The number of carbonyl (C=O) groups excluding carboxylic acids is 2. The van der Waals surface area contributed by atoms with Crippen molar-refractivity contribution in [2.45, 2.75) is 19.0 Å². The molecule has 15 heavy (non-hydrogen) atoms. The summed E-state index contributed by atoms with van der Waals surface area (Å²) in [5.41, 5.74) is 4.96. The minimum atomic E-state index is -0.493. The Morgan fingerprint density at radius 2 is 2.53 bits per heavy atom. The molecule has 2 rings (SSSR count). The molecule has 2 amide bonds. The standard InChI is InChI=1S/C9H11N3O3/c13-8-4-7(11-12-8)9(14)10-5-6-2-1-3-15-6/h1-3,7,11H,4-5H2,(H,10,14)(H,12,13). The smallest absolute Gasteiger partial charge is 0.239 e. The van der Waals surface area contributed by atoms with E-state index in [1.54, 1.807) is 18.4 Å². The van der Waals surface area contributed by atoms with Gasteiger partial charge in [-0.25, -0.2) is 5.43 Å². The molecule has 0 aromatic carbocycles. The Hall–Kier alpha value is -1.82. The first-order valence-electron chi connectivity index (χ1n) is 4.60. The van der Waals surface area contributed by atoms with Gasteiger partial charge in [0.25, 0.3) is 0 Å². The first kappa shape index (κ1) is 9.72. The van der Waals surface area contributed by atoms with E-state index in [1.807, 2.05) is 0 Å². The van der Waals surface area contributed by atoms with Crippen molar-refractivity contribution in [2.24, 2.45) is 0 Å². The van der Waals surface area contributed by atoms with Gasteiger partial charge in [-0.05, 0) is 12.1 Å². The van der Waals surface area contributed by atoms with E-state index in [0.29, 0.717) is 12.3 Å². The van der Waals surface area contributed by atoms with Crippen LogP contribution in [-0.2, 0) is 16.1 Å². The molecule has 1 atom stereocenters. The zero-order valence-corrected chi connectivity index (χ0v) is 7.95. The van der Waals surface area contributed by atoms with Crippen molar-refractivity contribution >= 4 is 11.8 Å². The minimum absolute atomic E-state index is 0.171. The van der Waals surface area contributed by atoms with Crippen LogP contribution in [-0.4, -0.2) is 17.9 Å². The van der Waals surface area contributed by atoms with Gasteiger partial charge in [-0.15, -0.1) is 0 Å². The second-order valence-corrected chi connectivity index (χ2v) is 3.25. The van der Waals surface area contributed by atoms with Gasteiger partial charge >= 0.3 is 0 Å². The first-order chi connectivity index (χ1) is 7.25. The van der Waals surface area contributed by atoms with Crippen LogP contribution in [0.4, 0.5) is 0 Å². The van der Waals surface area contributed by atoms with E-state index in [9.17, 15) is 9.59 Å². The van der Waals surface area contributed by atoms with Gasteiger partial charge in [-0.2, -0.15) is 0 Å². The third-order valence-corrected chi connectivity index (χ3v) is 2.11. The Bertz CT molecular complexity index is 361. The average Bonchev–Trinajstić information content (AvgIpc) is 2.84. The fourth-order valence-corrected chi connectivity index (χ4v) is 1.32. The second kappa shape index (κ2) is 4.14. The average molecular weight is 209 g/mol. The fourth-order valence-electron chi connectivity index (χ4n) is 1.32. The second-order valence-electron chi connectivity index (χ2n) is 3.25.